The molecule has 0 radical (unpaired) electrons. The van der Waals surface area contributed by atoms with Crippen LogP contribution in [0.15, 0.2) is 0 Å². The summed E-state index contributed by atoms with van der Waals surface area (Å²) in [6.45, 7) is -4.10. The molecule has 11 heteroatoms. The number of rotatable bonds is 5. The van der Waals surface area contributed by atoms with E-state index in [-0.39, 0.29) is 0 Å². The maximum atomic E-state index is 11.7. The van der Waals surface area contributed by atoms with Crippen molar-refractivity contribution in [2.45, 2.75) is 12.4 Å². The van der Waals surface area contributed by atoms with E-state index in [9.17, 15) is 30.9 Å². The van der Waals surface area contributed by atoms with Crippen LogP contribution in [0.1, 0.15) is 0 Å². The lowest BCUT2D eigenvalue weighted by Crippen LogP contribution is -2.20. The zero-order chi connectivity index (χ0) is 13.7. The van der Waals surface area contributed by atoms with Gasteiger partial charge in [-0.25, -0.2) is 0 Å². The summed E-state index contributed by atoms with van der Waals surface area (Å²) in [5, 5.41) is 8.12. The summed E-state index contributed by atoms with van der Waals surface area (Å²) in [4.78, 5) is 0. The molecule has 17 heavy (non-hydrogen) atoms. The molecule has 0 amide bonds. The number of alkyl halides is 6. The van der Waals surface area contributed by atoms with Crippen molar-refractivity contribution >= 4 is 7.60 Å². The summed E-state index contributed by atoms with van der Waals surface area (Å²) in [5.41, 5.74) is 0. The SMILES string of the molecule is N#CCP(=O)(OCC(F)(F)F)OCC(F)(F)F. The van der Waals surface area contributed by atoms with Gasteiger partial charge in [0.25, 0.3) is 0 Å². The van der Waals surface area contributed by atoms with Crippen molar-refractivity contribution in [2.24, 2.45) is 0 Å². The largest absolute Gasteiger partial charge is 0.412 e. The molecule has 0 N–H and O–H groups in total. The van der Waals surface area contributed by atoms with E-state index in [2.05, 4.69) is 9.05 Å². The first-order valence-electron chi connectivity index (χ1n) is 3.86. The van der Waals surface area contributed by atoms with E-state index >= 15 is 0 Å². The molecule has 100 valence electrons. The Morgan fingerprint density at radius 1 is 1.00 bits per heavy atom. The van der Waals surface area contributed by atoms with Crippen molar-refractivity contribution in [2.75, 3.05) is 19.4 Å². The fraction of sp³-hybridized carbons (Fsp3) is 0.833. The van der Waals surface area contributed by atoms with Gasteiger partial charge in [0.2, 0.25) is 0 Å². The molecule has 0 spiro atoms. The van der Waals surface area contributed by atoms with Crippen LogP contribution in [-0.4, -0.2) is 31.7 Å². The predicted octanol–water partition coefficient (Wildman–Crippen LogP) is 2.86. The summed E-state index contributed by atoms with van der Waals surface area (Å²) in [5.74, 6) is 0. The van der Waals surface area contributed by atoms with Crippen LogP contribution in [0.4, 0.5) is 26.3 Å². The third kappa shape index (κ3) is 8.97. The molecule has 0 bridgehead atoms. The van der Waals surface area contributed by atoms with Crippen molar-refractivity contribution in [1.82, 2.24) is 0 Å². The van der Waals surface area contributed by atoms with Crippen LogP contribution in [0.3, 0.4) is 0 Å². The first-order valence-corrected chi connectivity index (χ1v) is 5.59. The van der Waals surface area contributed by atoms with Crippen LogP contribution in [0.2, 0.25) is 0 Å². The van der Waals surface area contributed by atoms with Gasteiger partial charge in [-0.15, -0.1) is 0 Å². The fourth-order valence-corrected chi connectivity index (χ4v) is 1.67. The Hall–Kier alpha value is -0.780. The van der Waals surface area contributed by atoms with E-state index in [1.54, 1.807) is 0 Å². The molecule has 0 aromatic rings. The summed E-state index contributed by atoms with van der Waals surface area (Å²) in [6, 6.07) is 1.13. The summed E-state index contributed by atoms with van der Waals surface area (Å²) < 4.78 is 88.8. The number of nitriles is 1. The molecule has 0 saturated heterocycles. The zero-order valence-electron chi connectivity index (χ0n) is 8.01. The molecule has 0 fully saturated rings. The number of hydrogen-bond donors (Lipinski definition) is 0. The van der Waals surface area contributed by atoms with Gasteiger partial charge in [-0.05, 0) is 0 Å². The maximum absolute atomic E-state index is 11.7. The average molecular weight is 285 g/mol. The Morgan fingerprint density at radius 2 is 1.35 bits per heavy atom. The molecule has 0 aliphatic heterocycles. The van der Waals surface area contributed by atoms with Gasteiger partial charge in [0.05, 0.1) is 6.07 Å². The quantitative estimate of drug-likeness (QED) is 0.575. The van der Waals surface area contributed by atoms with Crippen LogP contribution < -0.4 is 0 Å². The van der Waals surface area contributed by atoms with Crippen LogP contribution in [0.25, 0.3) is 0 Å². The second-order valence-electron chi connectivity index (χ2n) is 2.70. The van der Waals surface area contributed by atoms with Gasteiger partial charge in [0.15, 0.2) is 13.2 Å². The normalized spacial score (nSPS) is 13.5. The van der Waals surface area contributed by atoms with E-state index in [0.29, 0.717) is 0 Å². The molecule has 0 aromatic heterocycles. The minimum absolute atomic E-state index is 1.13. The van der Waals surface area contributed by atoms with Crippen molar-refractivity contribution in [3.63, 3.8) is 0 Å². The second-order valence-corrected chi connectivity index (χ2v) is 4.76. The summed E-state index contributed by atoms with van der Waals surface area (Å²) in [7, 11) is -4.71. The van der Waals surface area contributed by atoms with Gasteiger partial charge in [0, 0.05) is 0 Å². The zero-order valence-corrected chi connectivity index (χ0v) is 8.90. The first-order chi connectivity index (χ1) is 7.47. The van der Waals surface area contributed by atoms with Crippen LogP contribution >= 0.6 is 7.60 Å². The standard InChI is InChI=1S/C6H6F6NO3P/c7-5(8,9)3-15-17(14,2-1-13)16-4-6(10,11)12/h2-4H2. The van der Waals surface area contributed by atoms with E-state index < -0.39 is 39.3 Å². The predicted molar refractivity (Wildman–Crippen MR) is 42.1 cm³/mol. The van der Waals surface area contributed by atoms with Gasteiger partial charge in [-0.1, -0.05) is 0 Å². The molecule has 0 unspecified atom stereocenters. The monoisotopic (exact) mass is 285 g/mol. The highest BCUT2D eigenvalue weighted by atomic mass is 31.2. The van der Waals surface area contributed by atoms with Gasteiger partial charge in [-0.2, -0.15) is 31.6 Å². The van der Waals surface area contributed by atoms with Gasteiger partial charge in [-0.3, -0.25) is 13.6 Å². The fourth-order valence-electron chi connectivity index (χ4n) is 0.558. The van der Waals surface area contributed by atoms with Crippen LogP contribution in [0, 0.1) is 11.3 Å². The van der Waals surface area contributed by atoms with Gasteiger partial charge >= 0.3 is 19.9 Å². The van der Waals surface area contributed by atoms with Crippen molar-refractivity contribution in [3.05, 3.63) is 0 Å². The molecule has 0 saturated carbocycles. The third-order valence-corrected chi connectivity index (χ3v) is 2.69. The second kappa shape index (κ2) is 5.71. The van der Waals surface area contributed by atoms with Gasteiger partial charge < -0.3 is 0 Å². The molecule has 4 nitrogen and oxygen atoms in total. The molecule has 0 aliphatic rings. The van der Waals surface area contributed by atoms with E-state index in [0.717, 1.165) is 6.07 Å². The Kier molecular flexibility index (Phi) is 5.45. The van der Waals surface area contributed by atoms with Gasteiger partial charge in [0.1, 0.15) is 6.16 Å². The highest BCUT2D eigenvalue weighted by molar-refractivity contribution is 7.54. The molecule has 0 rings (SSSR count). The Morgan fingerprint density at radius 3 is 1.59 bits per heavy atom. The smallest absolute Gasteiger partial charge is 0.298 e. The first kappa shape index (κ1) is 16.2. The highest BCUT2D eigenvalue weighted by Gasteiger charge is 2.38. The summed E-state index contributed by atoms with van der Waals surface area (Å²) in [6.07, 6.45) is -11.0. The Bertz CT molecular complexity index is 310. The number of hydrogen-bond acceptors (Lipinski definition) is 4. The lowest BCUT2D eigenvalue weighted by atomic mass is 10.7. The third-order valence-electron chi connectivity index (χ3n) is 1.11. The molecule has 0 heterocycles. The molecular formula is C6H6F6NO3P. The topological polar surface area (TPSA) is 59.3 Å². The molecule has 0 aromatic carbocycles. The number of halogens is 6. The van der Waals surface area contributed by atoms with Crippen LogP contribution in [0.5, 0.6) is 0 Å². The van der Waals surface area contributed by atoms with E-state index in [4.69, 9.17) is 5.26 Å². The minimum atomic E-state index is -4.88. The molecular weight excluding hydrogens is 279 g/mol. The average Bonchev–Trinajstić information content (AvgIpc) is 2.11. The van der Waals surface area contributed by atoms with Crippen molar-refractivity contribution in [3.8, 4) is 6.07 Å². The van der Waals surface area contributed by atoms with E-state index in [1.165, 1.54) is 0 Å². The lowest BCUT2D eigenvalue weighted by molar-refractivity contribution is -0.165. The van der Waals surface area contributed by atoms with Crippen molar-refractivity contribution < 1.29 is 40.0 Å². The minimum Gasteiger partial charge on any atom is -0.298 e. The van der Waals surface area contributed by atoms with Crippen molar-refractivity contribution in [1.29, 1.82) is 5.26 Å². The Balaban J connectivity index is 4.48. The lowest BCUT2D eigenvalue weighted by Gasteiger charge is -2.17. The molecule has 0 atom stereocenters. The Labute approximate surface area is 91.6 Å². The molecule has 0 aliphatic carbocycles. The maximum Gasteiger partial charge on any atom is 0.412 e. The van der Waals surface area contributed by atoms with Crippen LogP contribution in [-0.2, 0) is 13.6 Å². The summed E-state index contributed by atoms with van der Waals surface area (Å²) >= 11 is 0. The number of nitrogens with zero attached hydrogens (tertiary/aromatic N) is 1. The highest BCUT2D eigenvalue weighted by Crippen LogP contribution is 2.49. The van der Waals surface area contributed by atoms with E-state index in [1.807, 2.05) is 0 Å².